The number of carbonyl (C=O) groups is 1. The van der Waals surface area contributed by atoms with Crippen LogP contribution in [0.2, 0.25) is 5.02 Å². The number of piperidine rings is 1. The number of amides is 1. The molecule has 4 heterocycles. The Kier molecular flexibility index (Phi) is 7.14. The Labute approximate surface area is 221 Å². The molecule has 2 aliphatic heterocycles. The van der Waals surface area contributed by atoms with Crippen LogP contribution in [0, 0.1) is 12.8 Å². The third-order valence-electron chi connectivity index (χ3n) is 7.23. The van der Waals surface area contributed by atoms with E-state index in [1.165, 1.54) is 6.07 Å². The van der Waals surface area contributed by atoms with Crippen molar-refractivity contribution in [3.05, 3.63) is 52.3 Å². The molecule has 0 saturated carbocycles. The maximum absolute atomic E-state index is 13.8. The molecule has 2 fully saturated rings. The number of carbonyl (C=O) groups excluding carboxylic acids is 1. The van der Waals surface area contributed by atoms with E-state index in [0.717, 1.165) is 72.5 Å². The van der Waals surface area contributed by atoms with E-state index in [2.05, 4.69) is 4.90 Å². The monoisotopic (exact) mass is 546 g/mol. The molecule has 5 rings (SSSR count). The molecular formula is C25H33ClN7O3S+. The van der Waals surface area contributed by atoms with E-state index in [-0.39, 0.29) is 17.5 Å². The van der Waals surface area contributed by atoms with Crippen LogP contribution < -0.4 is 15.4 Å². The number of anilines is 1. The Bertz CT molecular complexity index is 1440. The molecule has 0 spiro atoms. The van der Waals surface area contributed by atoms with Gasteiger partial charge in [0, 0.05) is 48.5 Å². The zero-order valence-electron chi connectivity index (χ0n) is 21.1. The topological polar surface area (TPSA) is 131 Å². The molecule has 2 aromatic heterocycles. The van der Waals surface area contributed by atoms with Crippen molar-refractivity contribution in [2.75, 3.05) is 37.3 Å². The lowest BCUT2D eigenvalue weighted by Gasteiger charge is -2.34. The number of quaternary nitrogens is 1. The quantitative estimate of drug-likeness (QED) is 0.452. The van der Waals surface area contributed by atoms with E-state index in [0.29, 0.717) is 29.7 Å². The summed E-state index contributed by atoms with van der Waals surface area (Å²) in [5, 5.41) is 5.19. The number of likely N-dealkylation sites (tertiary alicyclic amines) is 1. The van der Waals surface area contributed by atoms with Gasteiger partial charge in [0.05, 0.1) is 18.0 Å². The van der Waals surface area contributed by atoms with E-state index in [1.807, 2.05) is 19.2 Å². The fourth-order valence-electron chi connectivity index (χ4n) is 5.40. The highest BCUT2D eigenvalue weighted by Crippen LogP contribution is 2.34. The minimum absolute atomic E-state index is 0.245. The number of aryl methyl sites for hydroxylation is 1. The molecule has 198 valence electrons. The van der Waals surface area contributed by atoms with E-state index in [4.69, 9.17) is 27.4 Å². The molecule has 10 nitrogen and oxygen atoms in total. The predicted octanol–water partition coefficient (Wildman–Crippen LogP) is 2.00. The van der Waals surface area contributed by atoms with E-state index >= 15 is 0 Å². The van der Waals surface area contributed by atoms with Gasteiger partial charge >= 0.3 is 0 Å². The molecule has 2 saturated heterocycles. The number of primary sulfonamides is 1. The SMILES string of the molecule is Cc1cn2nc(C3CCCCN3C(=O)c3cc(Cl)ccc3[NH2+]S(C)(=O)=O)cc2nc1N1CCC(CN)C1. The molecule has 1 aromatic carbocycles. The van der Waals surface area contributed by atoms with Gasteiger partial charge in [-0.25, -0.2) is 14.2 Å². The molecule has 2 unspecified atom stereocenters. The van der Waals surface area contributed by atoms with Gasteiger partial charge in [-0.3, -0.25) is 4.79 Å². The lowest BCUT2D eigenvalue weighted by atomic mass is 9.98. The van der Waals surface area contributed by atoms with E-state index in [9.17, 15) is 13.2 Å². The number of fused-ring (bicyclic) bond motifs is 1. The number of rotatable bonds is 6. The van der Waals surface area contributed by atoms with Crippen LogP contribution in [0.15, 0.2) is 30.5 Å². The molecule has 0 bridgehead atoms. The number of hydrogen-bond donors (Lipinski definition) is 2. The van der Waals surface area contributed by atoms with E-state index in [1.54, 1.807) is 21.5 Å². The number of halogens is 1. The van der Waals surface area contributed by atoms with Gasteiger partial charge in [0.15, 0.2) is 11.3 Å². The average Bonchev–Trinajstić information content (AvgIpc) is 3.50. The number of sulfonamides is 1. The first-order valence-electron chi connectivity index (χ1n) is 12.6. The molecule has 1 amide bonds. The second-order valence-corrected chi connectivity index (χ2v) is 12.5. The highest BCUT2D eigenvalue weighted by molar-refractivity contribution is 7.84. The first-order valence-corrected chi connectivity index (χ1v) is 14.9. The van der Waals surface area contributed by atoms with Crippen molar-refractivity contribution in [1.82, 2.24) is 19.5 Å². The smallest absolute Gasteiger partial charge is 0.295 e. The molecule has 2 atom stereocenters. The van der Waals surface area contributed by atoms with Gasteiger partial charge in [0.1, 0.15) is 11.4 Å². The summed E-state index contributed by atoms with van der Waals surface area (Å²) in [7, 11) is -3.45. The second kappa shape index (κ2) is 10.2. The summed E-state index contributed by atoms with van der Waals surface area (Å²) in [4.78, 5) is 22.8. The Hall–Kier alpha value is -2.73. The number of aromatic nitrogens is 3. The molecule has 0 radical (unpaired) electrons. The van der Waals surface area contributed by atoms with Crippen molar-refractivity contribution >= 4 is 44.7 Å². The van der Waals surface area contributed by atoms with E-state index < -0.39 is 10.0 Å². The molecule has 4 N–H and O–H groups in total. The van der Waals surface area contributed by atoms with Crippen molar-refractivity contribution in [1.29, 1.82) is 0 Å². The fraction of sp³-hybridized carbons (Fsp3) is 0.480. The Balaban J connectivity index is 1.47. The second-order valence-electron chi connectivity index (χ2n) is 10.1. The van der Waals surface area contributed by atoms with Crippen LogP contribution in [0.5, 0.6) is 0 Å². The van der Waals surface area contributed by atoms with Gasteiger partial charge in [-0.05, 0) is 57.2 Å². The Morgan fingerprint density at radius 1 is 1.22 bits per heavy atom. The summed E-state index contributed by atoms with van der Waals surface area (Å²) >= 11 is 6.21. The number of hydrogen-bond acceptors (Lipinski definition) is 7. The first kappa shape index (κ1) is 25.9. The number of benzene rings is 1. The predicted molar refractivity (Wildman–Crippen MR) is 143 cm³/mol. The molecule has 2 aliphatic rings. The van der Waals surface area contributed by atoms with Crippen molar-refractivity contribution in [3.63, 3.8) is 0 Å². The summed E-state index contributed by atoms with van der Waals surface area (Å²) in [5.41, 5.74) is 9.03. The average molecular weight is 547 g/mol. The molecular weight excluding hydrogens is 514 g/mol. The van der Waals surface area contributed by atoms with Crippen LogP contribution in [-0.4, -0.2) is 66.3 Å². The third kappa shape index (κ3) is 5.45. The molecule has 37 heavy (non-hydrogen) atoms. The lowest BCUT2D eigenvalue weighted by Crippen LogP contribution is -2.81. The minimum atomic E-state index is -3.45. The van der Waals surface area contributed by atoms with Crippen molar-refractivity contribution in [2.24, 2.45) is 11.7 Å². The maximum atomic E-state index is 13.8. The molecule has 3 aromatic rings. The van der Waals surface area contributed by atoms with Gasteiger partial charge in [0.2, 0.25) is 0 Å². The summed E-state index contributed by atoms with van der Waals surface area (Å²) in [5.74, 6) is 1.18. The molecule has 0 aliphatic carbocycles. The summed E-state index contributed by atoms with van der Waals surface area (Å²) in [6.45, 7) is 5.10. The standard InChI is InChI=1S/C25H32ClN7O3S/c1-16-14-33-23(28-24(16)31-10-8-17(13-27)15-31)12-21(29-33)22-5-3-4-9-32(22)25(34)19-11-18(26)6-7-20(19)30-37(2,35)36/h6-7,11-12,14,17,22,30H,3-5,8-10,13,15,27H2,1-2H3/p+1. The van der Waals surface area contributed by atoms with Crippen LogP contribution in [0.25, 0.3) is 5.65 Å². The Morgan fingerprint density at radius 2 is 2.03 bits per heavy atom. The van der Waals surface area contributed by atoms with Crippen molar-refractivity contribution < 1.29 is 17.9 Å². The van der Waals surface area contributed by atoms with Crippen LogP contribution in [0.3, 0.4) is 0 Å². The summed E-state index contributed by atoms with van der Waals surface area (Å²) in [6, 6.07) is 6.41. The van der Waals surface area contributed by atoms with Crippen LogP contribution in [0.4, 0.5) is 11.5 Å². The van der Waals surface area contributed by atoms with Gasteiger partial charge in [-0.2, -0.15) is 13.5 Å². The summed E-state index contributed by atoms with van der Waals surface area (Å²) < 4.78 is 26.8. The van der Waals surface area contributed by atoms with Crippen molar-refractivity contribution in [2.45, 2.75) is 38.6 Å². The van der Waals surface area contributed by atoms with Crippen LogP contribution >= 0.6 is 11.6 Å². The van der Waals surface area contributed by atoms with Gasteiger partial charge in [-0.15, -0.1) is 0 Å². The summed E-state index contributed by atoms with van der Waals surface area (Å²) in [6.07, 6.45) is 6.75. The number of nitrogens with two attached hydrogens (primary N) is 2. The lowest BCUT2D eigenvalue weighted by molar-refractivity contribution is -0.396. The van der Waals surface area contributed by atoms with Gasteiger partial charge in [0.25, 0.3) is 15.9 Å². The highest BCUT2D eigenvalue weighted by atomic mass is 35.5. The zero-order valence-corrected chi connectivity index (χ0v) is 22.7. The zero-order chi connectivity index (χ0) is 26.3. The largest absolute Gasteiger partial charge is 0.356 e. The fourth-order valence-corrected chi connectivity index (χ4v) is 6.24. The van der Waals surface area contributed by atoms with Gasteiger partial charge in [-0.1, -0.05) is 11.6 Å². The minimum Gasteiger partial charge on any atom is -0.356 e. The Morgan fingerprint density at radius 3 is 2.76 bits per heavy atom. The maximum Gasteiger partial charge on any atom is 0.295 e. The van der Waals surface area contributed by atoms with Crippen LogP contribution in [0.1, 0.15) is 53.3 Å². The number of nitrogens with zero attached hydrogens (tertiary/aromatic N) is 5. The van der Waals surface area contributed by atoms with Crippen LogP contribution in [-0.2, 0) is 10.0 Å². The molecule has 12 heteroatoms. The normalized spacial score (nSPS) is 20.6. The first-order chi connectivity index (χ1) is 17.6. The van der Waals surface area contributed by atoms with Crippen molar-refractivity contribution in [3.8, 4) is 0 Å². The van der Waals surface area contributed by atoms with Gasteiger partial charge < -0.3 is 15.5 Å². The third-order valence-corrected chi connectivity index (χ3v) is 8.15. The highest BCUT2D eigenvalue weighted by Gasteiger charge is 2.33.